The molecule has 1 aromatic heterocycles. The van der Waals surface area contributed by atoms with Gasteiger partial charge in [-0.2, -0.15) is 5.10 Å². The Labute approximate surface area is 117 Å². The van der Waals surface area contributed by atoms with Crippen molar-refractivity contribution < 1.29 is 9.53 Å². The molecule has 6 heteroatoms. The summed E-state index contributed by atoms with van der Waals surface area (Å²) in [5.41, 5.74) is 1.42. The predicted molar refractivity (Wildman–Crippen MR) is 75.7 cm³/mol. The number of carbonyl (C=O) groups is 1. The molecule has 0 radical (unpaired) electrons. The van der Waals surface area contributed by atoms with Gasteiger partial charge in [-0.05, 0) is 6.07 Å². The monoisotopic (exact) mass is 274 g/mol. The smallest absolute Gasteiger partial charge is 0.272 e. The number of fused-ring (bicyclic) bond motifs is 1. The predicted octanol–water partition coefficient (Wildman–Crippen LogP) is 0.292. The van der Waals surface area contributed by atoms with Crippen LogP contribution in [0.4, 0.5) is 0 Å². The minimum Gasteiger partial charge on any atom is -0.374 e. The zero-order chi connectivity index (χ0) is 13.9. The van der Waals surface area contributed by atoms with E-state index < -0.39 is 0 Å². The largest absolute Gasteiger partial charge is 0.374 e. The number of ether oxygens (including phenoxy) is 1. The van der Waals surface area contributed by atoms with Crippen molar-refractivity contribution in [2.75, 3.05) is 26.2 Å². The van der Waals surface area contributed by atoms with E-state index in [4.69, 9.17) is 4.74 Å². The molecule has 1 amide bonds. The van der Waals surface area contributed by atoms with Crippen LogP contribution in [0.15, 0.2) is 24.3 Å². The maximum atomic E-state index is 12.3. The molecule has 2 aromatic rings. The number of benzene rings is 1. The molecule has 1 atom stereocenters. The lowest BCUT2D eigenvalue weighted by Gasteiger charge is -2.23. The molecule has 2 N–H and O–H groups in total. The molecule has 1 aliphatic rings. The van der Waals surface area contributed by atoms with Crippen molar-refractivity contribution in [1.29, 1.82) is 0 Å². The van der Waals surface area contributed by atoms with Crippen LogP contribution in [0.2, 0.25) is 0 Å². The third-order valence-electron chi connectivity index (χ3n) is 3.47. The highest BCUT2D eigenvalue weighted by molar-refractivity contribution is 6.04. The van der Waals surface area contributed by atoms with Gasteiger partial charge in [-0.3, -0.25) is 9.48 Å². The van der Waals surface area contributed by atoms with Crippen molar-refractivity contribution in [2.45, 2.75) is 6.10 Å². The average molecular weight is 274 g/mol. The van der Waals surface area contributed by atoms with Crippen LogP contribution in [0.3, 0.4) is 0 Å². The number of hydrogen-bond donors (Lipinski definition) is 2. The zero-order valence-electron chi connectivity index (χ0n) is 11.4. The zero-order valence-corrected chi connectivity index (χ0v) is 11.4. The summed E-state index contributed by atoms with van der Waals surface area (Å²) in [5, 5.41) is 11.3. The molecule has 1 aromatic carbocycles. The minimum atomic E-state index is -0.157. The summed E-state index contributed by atoms with van der Waals surface area (Å²) in [5.74, 6) is -0.157. The Balaban J connectivity index is 1.72. The highest BCUT2D eigenvalue weighted by atomic mass is 16.5. The summed E-state index contributed by atoms with van der Waals surface area (Å²) in [6.45, 7) is 2.82. The third kappa shape index (κ3) is 2.52. The molecule has 1 aliphatic heterocycles. The van der Waals surface area contributed by atoms with Crippen molar-refractivity contribution in [3.63, 3.8) is 0 Å². The van der Waals surface area contributed by atoms with E-state index in [0.29, 0.717) is 18.8 Å². The summed E-state index contributed by atoms with van der Waals surface area (Å²) in [4.78, 5) is 12.3. The number of para-hydroxylation sites is 1. The van der Waals surface area contributed by atoms with E-state index in [1.165, 1.54) is 0 Å². The Morgan fingerprint density at radius 2 is 2.40 bits per heavy atom. The molecule has 1 unspecified atom stereocenters. The van der Waals surface area contributed by atoms with E-state index in [2.05, 4.69) is 15.7 Å². The molecule has 1 fully saturated rings. The van der Waals surface area contributed by atoms with Gasteiger partial charge < -0.3 is 15.4 Å². The van der Waals surface area contributed by atoms with Crippen molar-refractivity contribution >= 4 is 16.8 Å². The van der Waals surface area contributed by atoms with E-state index in [1.54, 1.807) is 4.68 Å². The van der Waals surface area contributed by atoms with Gasteiger partial charge >= 0.3 is 0 Å². The van der Waals surface area contributed by atoms with Gasteiger partial charge in [0.05, 0.1) is 18.2 Å². The fourth-order valence-electron chi connectivity index (χ4n) is 2.42. The number of nitrogens with one attached hydrogen (secondary N) is 2. The van der Waals surface area contributed by atoms with Gasteiger partial charge in [0.1, 0.15) is 0 Å². The number of aryl methyl sites for hydroxylation is 1. The molecule has 0 aliphatic carbocycles. The fourth-order valence-corrected chi connectivity index (χ4v) is 2.42. The van der Waals surface area contributed by atoms with Gasteiger partial charge in [0.25, 0.3) is 5.91 Å². The Morgan fingerprint density at radius 1 is 1.55 bits per heavy atom. The van der Waals surface area contributed by atoms with Gasteiger partial charge in [0, 0.05) is 32.1 Å². The van der Waals surface area contributed by atoms with E-state index >= 15 is 0 Å². The van der Waals surface area contributed by atoms with Crippen LogP contribution in [0, 0.1) is 0 Å². The third-order valence-corrected chi connectivity index (χ3v) is 3.47. The second kappa shape index (κ2) is 5.60. The maximum absolute atomic E-state index is 12.3. The number of carbonyl (C=O) groups excluding carboxylic acids is 1. The van der Waals surface area contributed by atoms with Crippen LogP contribution in [0.1, 0.15) is 10.5 Å². The topological polar surface area (TPSA) is 68.2 Å². The van der Waals surface area contributed by atoms with E-state index in [-0.39, 0.29) is 12.0 Å². The second-order valence-corrected chi connectivity index (χ2v) is 4.90. The first-order valence-electron chi connectivity index (χ1n) is 6.78. The number of morpholine rings is 1. The Morgan fingerprint density at radius 3 is 3.20 bits per heavy atom. The molecule has 1 saturated heterocycles. The van der Waals surface area contributed by atoms with Crippen molar-refractivity contribution in [3.8, 4) is 0 Å². The van der Waals surface area contributed by atoms with Crippen molar-refractivity contribution in [1.82, 2.24) is 20.4 Å². The standard InChI is InChI=1S/C14H18N4O2/c1-18-12-5-3-2-4-11(12)13(17-18)14(19)16-9-10-8-15-6-7-20-10/h2-5,10,15H,6-9H2,1H3,(H,16,19). The first-order valence-corrected chi connectivity index (χ1v) is 6.78. The van der Waals surface area contributed by atoms with Crippen LogP contribution in [0.25, 0.3) is 10.9 Å². The molecule has 0 bridgehead atoms. The molecular weight excluding hydrogens is 256 g/mol. The van der Waals surface area contributed by atoms with E-state index in [0.717, 1.165) is 24.0 Å². The molecule has 20 heavy (non-hydrogen) atoms. The van der Waals surface area contributed by atoms with Crippen LogP contribution in [0.5, 0.6) is 0 Å². The number of aromatic nitrogens is 2. The second-order valence-electron chi connectivity index (χ2n) is 4.90. The summed E-state index contributed by atoms with van der Waals surface area (Å²) in [7, 11) is 1.84. The van der Waals surface area contributed by atoms with Gasteiger partial charge in [-0.1, -0.05) is 18.2 Å². The molecule has 0 spiro atoms. The molecular formula is C14H18N4O2. The maximum Gasteiger partial charge on any atom is 0.272 e. The highest BCUT2D eigenvalue weighted by Crippen LogP contribution is 2.17. The SMILES string of the molecule is Cn1nc(C(=O)NCC2CNCCO2)c2ccccc21. The van der Waals surface area contributed by atoms with Crippen LogP contribution in [-0.2, 0) is 11.8 Å². The summed E-state index contributed by atoms with van der Waals surface area (Å²) >= 11 is 0. The first kappa shape index (κ1) is 13.1. The Hall–Kier alpha value is -1.92. The van der Waals surface area contributed by atoms with E-state index in [9.17, 15) is 4.79 Å². The Kier molecular flexibility index (Phi) is 3.66. The molecule has 6 nitrogen and oxygen atoms in total. The number of nitrogens with zero attached hydrogens (tertiary/aromatic N) is 2. The average Bonchev–Trinajstić information content (AvgIpc) is 2.84. The molecule has 106 valence electrons. The fraction of sp³-hybridized carbons (Fsp3) is 0.429. The van der Waals surface area contributed by atoms with Gasteiger partial charge in [0.15, 0.2) is 5.69 Å². The Bertz CT molecular complexity index is 617. The van der Waals surface area contributed by atoms with Gasteiger partial charge in [-0.15, -0.1) is 0 Å². The first-order chi connectivity index (χ1) is 9.75. The minimum absolute atomic E-state index is 0.0303. The molecule has 2 heterocycles. The number of hydrogen-bond acceptors (Lipinski definition) is 4. The lowest BCUT2D eigenvalue weighted by molar-refractivity contribution is 0.0287. The summed E-state index contributed by atoms with van der Waals surface area (Å²) in [6.07, 6.45) is 0.0303. The summed E-state index contributed by atoms with van der Waals surface area (Å²) < 4.78 is 7.28. The lowest BCUT2D eigenvalue weighted by atomic mass is 10.2. The summed E-state index contributed by atoms with van der Waals surface area (Å²) in [6, 6.07) is 7.71. The van der Waals surface area contributed by atoms with Gasteiger partial charge in [0.2, 0.25) is 0 Å². The normalized spacial score (nSPS) is 19.1. The molecule has 3 rings (SSSR count). The lowest BCUT2D eigenvalue weighted by Crippen LogP contribution is -2.45. The van der Waals surface area contributed by atoms with Crippen LogP contribution < -0.4 is 10.6 Å². The number of amides is 1. The molecule has 0 saturated carbocycles. The van der Waals surface area contributed by atoms with Crippen LogP contribution in [-0.4, -0.2) is 48.0 Å². The highest BCUT2D eigenvalue weighted by Gasteiger charge is 2.18. The van der Waals surface area contributed by atoms with Crippen molar-refractivity contribution in [2.24, 2.45) is 7.05 Å². The van der Waals surface area contributed by atoms with Crippen molar-refractivity contribution in [3.05, 3.63) is 30.0 Å². The quantitative estimate of drug-likeness (QED) is 0.844. The van der Waals surface area contributed by atoms with E-state index in [1.807, 2.05) is 31.3 Å². The van der Waals surface area contributed by atoms with Crippen LogP contribution >= 0.6 is 0 Å². The van der Waals surface area contributed by atoms with Gasteiger partial charge in [-0.25, -0.2) is 0 Å². The number of rotatable bonds is 3.